The number of nitrogens with one attached hydrogen (secondary N) is 3. The average molecular weight is 422 g/mol. The summed E-state index contributed by atoms with van der Waals surface area (Å²) < 4.78 is 25.2. The van der Waals surface area contributed by atoms with E-state index in [0.29, 0.717) is 18.4 Å². The molecule has 2 aromatic carbocycles. The molecule has 0 spiro atoms. The second-order valence-corrected chi connectivity index (χ2v) is 8.35. The molecule has 2 unspecified atom stereocenters. The molecular formula is C25H28FN3O2. The van der Waals surface area contributed by atoms with Gasteiger partial charge in [-0.05, 0) is 68.6 Å². The van der Waals surface area contributed by atoms with E-state index in [2.05, 4.69) is 15.3 Å². The van der Waals surface area contributed by atoms with Crippen molar-refractivity contribution in [3.63, 3.8) is 0 Å². The van der Waals surface area contributed by atoms with Crippen LogP contribution in [0.1, 0.15) is 30.9 Å². The molecule has 0 radical (unpaired) electrons. The summed E-state index contributed by atoms with van der Waals surface area (Å²) in [6.07, 6.45) is 6.95. The van der Waals surface area contributed by atoms with E-state index in [1.54, 1.807) is 19.2 Å². The van der Waals surface area contributed by atoms with E-state index in [-0.39, 0.29) is 5.82 Å². The summed E-state index contributed by atoms with van der Waals surface area (Å²) in [6.45, 7) is 2.64. The van der Waals surface area contributed by atoms with Gasteiger partial charge in [-0.25, -0.2) is 4.39 Å². The van der Waals surface area contributed by atoms with Crippen LogP contribution in [0, 0.1) is 11.7 Å². The minimum atomic E-state index is -0.190. The van der Waals surface area contributed by atoms with E-state index in [4.69, 9.17) is 9.47 Å². The SMILES string of the molecule is COc1cc2cc[nH]c2cc1OCCCC1CNCCC1c1[nH]cc2cc(F)ccc12. The fraction of sp³-hybridized carbons (Fsp3) is 0.360. The number of fused-ring (bicyclic) bond motifs is 2. The highest BCUT2D eigenvalue weighted by molar-refractivity contribution is 5.86. The minimum Gasteiger partial charge on any atom is -0.493 e. The van der Waals surface area contributed by atoms with Crippen molar-refractivity contribution in [2.45, 2.75) is 25.2 Å². The molecule has 2 aromatic heterocycles. The van der Waals surface area contributed by atoms with Gasteiger partial charge in [-0.2, -0.15) is 0 Å². The largest absolute Gasteiger partial charge is 0.493 e. The molecule has 2 atom stereocenters. The standard InChI is InChI=1S/C25H28FN3O2/c1-30-23-12-16-6-9-28-22(16)13-24(23)31-10-2-3-17-14-27-8-7-21(17)25-20-5-4-19(26)11-18(20)15-29-25/h4-6,9,11-13,15,17,21,27-29H,2-3,7-8,10,14H2,1H3. The van der Waals surface area contributed by atoms with E-state index in [9.17, 15) is 4.39 Å². The maximum Gasteiger partial charge on any atom is 0.163 e. The lowest BCUT2D eigenvalue weighted by Gasteiger charge is -2.32. The molecular weight excluding hydrogens is 393 g/mol. The van der Waals surface area contributed by atoms with Crippen molar-refractivity contribution in [2.24, 2.45) is 5.92 Å². The maximum absolute atomic E-state index is 13.6. The molecule has 3 N–H and O–H groups in total. The van der Waals surface area contributed by atoms with Crippen molar-refractivity contribution in [3.8, 4) is 11.5 Å². The number of piperidine rings is 1. The second kappa shape index (κ2) is 8.63. The molecule has 3 heterocycles. The van der Waals surface area contributed by atoms with Crippen molar-refractivity contribution >= 4 is 21.7 Å². The van der Waals surface area contributed by atoms with Crippen molar-refractivity contribution in [3.05, 3.63) is 60.3 Å². The van der Waals surface area contributed by atoms with Crippen LogP contribution < -0.4 is 14.8 Å². The smallest absolute Gasteiger partial charge is 0.163 e. The van der Waals surface area contributed by atoms with Gasteiger partial charge in [0.1, 0.15) is 5.82 Å². The monoisotopic (exact) mass is 421 g/mol. The van der Waals surface area contributed by atoms with Crippen molar-refractivity contribution in [2.75, 3.05) is 26.8 Å². The van der Waals surface area contributed by atoms with Crippen LogP contribution in [0.5, 0.6) is 11.5 Å². The van der Waals surface area contributed by atoms with Gasteiger partial charge in [0.05, 0.1) is 13.7 Å². The third-order valence-electron chi connectivity index (χ3n) is 6.48. The summed E-state index contributed by atoms with van der Waals surface area (Å²) in [4.78, 5) is 6.66. The Bertz CT molecular complexity index is 1180. The van der Waals surface area contributed by atoms with Crippen LogP contribution in [-0.2, 0) is 0 Å². The summed E-state index contributed by atoms with van der Waals surface area (Å²) in [5, 5.41) is 6.73. The number of ether oxygens (including phenoxy) is 2. The average Bonchev–Trinajstić information content (AvgIpc) is 3.42. The molecule has 0 bridgehead atoms. The normalized spacial score (nSPS) is 19.2. The summed E-state index contributed by atoms with van der Waals surface area (Å²) in [5.74, 6) is 2.29. The molecule has 4 aromatic rings. The Morgan fingerprint density at radius 1 is 1.06 bits per heavy atom. The van der Waals surface area contributed by atoms with Crippen LogP contribution in [0.2, 0.25) is 0 Å². The Morgan fingerprint density at radius 3 is 2.90 bits per heavy atom. The van der Waals surface area contributed by atoms with Crippen LogP contribution in [0.3, 0.4) is 0 Å². The van der Waals surface area contributed by atoms with E-state index in [0.717, 1.165) is 65.5 Å². The summed E-state index contributed by atoms with van der Waals surface area (Å²) in [5.41, 5.74) is 2.28. The van der Waals surface area contributed by atoms with E-state index < -0.39 is 0 Å². The number of benzene rings is 2. The van der Waals surface area contributed by atoms with Gasteiger partial charge in [-0.15, -0.1) is 0 Å². The van der Waals surface area contributed by atoms with E-state index >= 15 is 0 Å². The first kappa shape index (κ1) is 19.9. The molecule has 0 saturated carbocycles. The maximum atomic E-state index is 13.6. The number of aromatic amines is 2. The van der Waals surface area contributed by atoms with Gasteiger partial charge in [0.15, 0.2) is 11.5 Å². The van der Waals surface area contributed by atoms with Gasteiger partial charge in [0.25, 0.3) is 0 Å². The van der Waals surface area contributed by atoms with Gasteiger partial charge in [-0.3, -0.25) is 0 Å². The Balaban J connectivity index is 1.25. The zero-order valence-electron chi connectivity index (χ0n) is 17.7. The lowest BCUT2D eigenvalue weighted by atomic mass is 9.80. The van der Waals surface area contributed by atoms with Gasteiger partial charge < -0.3 is 24.8 Å². The van der Waals surface area contributed by atoms with Crippen molar-refractivity contribution < 1.29 is 13.9 Å². The molecule has 162 valence electrons. The zero-order valence-corrected chi connectivity index (χ0v) is 17.7. The van der Waals surface area contributed by atoms with Gasteiger partial charge in [0.2, 0.25) is 0 Å². The molecule has 1 aliphatic heterocycles. The first-order valence-corrected chi connectivity index (χ1v) is 11.0. The summed E-state index contributed by atoms with van der Waals surface area (Å²) in [6, 6.07) is 11.1. The van der Waals surface area contributed by atoms with Gasteiger partial charge >= 0.3 is 0 Å². The van der Waals surface area contributed by atoms with Crippen LogP contribution in [0.4, 0.5) is 4.39 Å². The molecule has 1 saturated heterocycles. The third kappa shape index (κ3) is 4.00. The van der Waals surface area contributed by atoms with Crippen molar-refractivity contribution in [1.29, 1.82) is 0 Å². The molecule has 1 aliphatic rings. The Labute approximate surface area is 180 Å². The third-order valence-corrected chi connectivity index (χ3v) is 6.48. The number of aromatic nitrogens is 2. The first-order valence-electron chi connectivity index (χ1n) is 11.0. The van der Waals surface area contributed by atoms with Crippen LogP contribution in [0.15, 0.2) is 48.8 Å². The van der Waals surface area contributed by atoms with Gasteiger partial charge in [0, 0.05) is 51.7 Å². The fourth-order valence-electron chi connectivity index (χ4n) is 4.90. The number of hydrogen-bond acceptors (Lipinski definition) is 3. The number of halogens is 1. The van der Waals surface area contributed by atoms with Gasteiger partial charge in [-0.1, -0.05) is 0 Å². The molecule has 6 heteroatoms. The van der Waals surface area contributed by atoms with Crippen LogP contribution in [0.25, 0.3) is 21.7 Å². The second-order valence-electron chi connectivity index (χ2n) is 8.35. The Hall–Kier alpha value is -2.99. The zero-order chi connectivity index (χ0) is 21.2. The molecule has 31 heavy (non-hydrogen) atoms. The summed E-state index contributed by atoms with van der Waals surface area (Å²) >= 11 is 0. The lowest BCUT2D eigenvalue weighted by molar-refractivity contribution is 0.250. The van der Waals surface area contributed by atoms with Crippen molar-refractivity contribution in [1.82, 2.24) is 15.3 Å². The molecule has 5 rings (SSSR count). The van der Waals surface area contributed by atoms with E-state index in [1.807, 2.05) is 36.7 Å². The highest BCUT2D eigenvalue weighted by Gasteiger charge is 2.28. The van der Waals surface area contributed by atoms with E-state index in [1.165, 1.54) is 5.69 Å². The fourth-order valence-corrected chi connectivity index (χ4v) is 4.90. The van der Waals surface area contributed by atoms with Crippen LogP contribution in [-0.4, -0.2) is 36.8 Å². The Kier molecular flexibility index (Phi) is 5.55. The quantitative estimate of drug-likeness (QED) is 0.353. The molecule has 5 nitrogen and oxygen atoms in total. The molecule has 0 aliphatic carbocycles. The molecule has 0 amide bonds. The summed E-state index contributed by atoms with van der Waals surface area (Å²) in [7, 11) is 1.67. The topological polar surface area (TPSA) is 62.1 Å². The number of H-pyrrole nitrogens is 2. The number of hydrogen-bond donors (Lipinski definition) is 3. The highest BCUT2D eigenvalue weighted by Crippen LogP contribution is 2.37. The predicted molar refractivity (Wildman–Crippen MR) is 122 cm³/mol. The first-order chi connectivity index (χ1) is 15.2. The molecule has 1 fully saturated rings. The highest BCUT2D eigenvalue weighted by atomic mass is 19.1. The Morgan fingerprint density at radius 2 is 2.00 bits per heavy atom. The number of rotatable bonds is 7. The number of methoxy groups -OCH3 is 1. The van der Waals surface area contributed by atoms with Crippen LogP contribution >= 0.6 is 0 Å². The minimum absolute atomic E-state index is 0.190. The predicted octanol–water partition coefficient (Wildman–Crippen LogP) is 5.35. The lowest BCUT2D eigenvalue weighted by Crippen LogP contribution is -2.35.